The molecular weight excluding hydrogens is 210 g/mol. The molecule has 6 nitrogen and oxygen atoms in total. The summed E-state index contributed by atoms with van der Waals surface area (Å²) in [6.07, 6.45) is 4.77. The monoisotopic (exact) mass is 223 g/mol. The Kier molecular flexibility index (Phi) is 2.86. The van der Waals surface area contributed by atoms with E-state index in [1.807, 2.05) is 0 Å². The average molecular weight is 223 g/mol. The highest BCUT2D eigenvalue weighted by Crippen LogP contribution is 2.17. The van der Waals surface area contributed by atoms with E-state index in [0.717, 1.165) is 0 Å². The normalized spacial score (nSPS) is 23.4. The minimum absolute atomic E-state index is 0.0159. The Morgan fingerprint density at radius 1 is 1.62 bits per heavy atom. The number of nitrogens with one attached hydrogen (secondary N) is 1. The minimum atomic E-state index is -0.284. The van der Waals surface area contributed by atoms with Gasteiger partial charge in [0.25, 0.3) is 0 Å². The molecule has 0 aromatic carbocycles. The van der Waals surface area contributed by atoms with E-state index in [2.05, 4.69) is 11.2 Å². The van der Waals surface area contributed by atoms with Crippen molar-refractivity contribution < 1.29 is 14.3 Å². The zero-order valence-electron chi connectivity index (χ0n) is 8.81. The van der Waals surface area contributed by atoms with Crippen LogP contribution >= 0.6 is 0 Å². The molecule has 1 N–H and O–H groups in total. The van der Waals surface area contributed by atoms with Gasteiger partial charge in [0.1, 0.15) is 6.61 Å². The number of hydrogen-bond acceptors (Lipinski definition) is 3. The fraction of sp³-hybridized carbons (Fsp3) is 0.600. The van der Waals surface area contributed by atoms with Gasteiger partial charge in [-0.25, -0.2) is 9.59 Å². The third-order valence-corrected chi connectivity index (χ3v) is 2.75. The first kappa shape index (κ1) is 10.6. The van der Waals surface area contributed by atoms with E-state index in [9.17, 15) is 9.59 Å². The fourth-order valence-electron chi connectivity index (χ4n) is 1.91. The molecule has 0 spiro atoms. The highest BCUT2D eigenvalue weighted by molar-refractivity contribution is 5.76. The number of carbonyl (C=O) groups is 2. The Labute approximate surface area is 93.5 Å². The van der Waals surface area contributed by atoms with Crippen LogP contribution in [0.3, 0.4) is 0 Å². The maximum Gasteiger partial charge on any atom is 0.410 e. The van der Waals surface area contributed by atoms with Crippen LogP contribution in [0, 0.1) is 12.3 Å². The summed E-state index contributed by atoms with van der Waals surface area (Å²) < 4.78 is 4.91. The molecule has 6 heteroatoms. The lowest BCUT2D eigenvalue weighted by Crippen LogP contribution is -2.55. The van der Waals surface area contributed by atoms with Crippen molar-refractivity contribution in [3.05, 3.63) is 0 Å². The van der Waals surface area contributed by atoms with Gasteiger partial charge in [-0.05, 0) is 0 Å². The maximum atomic E-state index is 11.6. The van der Waals surface area contributed by atoms with Crippen LogP contribution in [0.4, 0.5) is 9.59 Å². The molecule has 0 bridgehead atoms. The number of fused-ring (bicyclic) bond motifs is 1. The van der Waals surface area contributed by atoms with Crippen LogP contribution in [0.25, 0.3) is 0 Å². The molecule has 2 fully saturated rings. The van der Waals surface area contributed by atoms with E-state index in [4.69, 9.17) is 11.2 Å². The summed E-state index contributed by atoms with van der Waals surface area (Å²) in [5.41, 5.74) is 0. The van der Waals surface area contributed by atoms with Crippen molar-refractivity contribution in [3.63, 3.8) is 0 Å². The first-order valence-corrected chi connectivity index (χ1v) is 5.12. The number of carbonyl (C=O) groups excluding carboxylic acids is 2. The van der Waals surface area contributed by atoms with Gasteiger partial charge >= 0.3 is 12.1 Å². The van der Waals surface area contributed by atoms with Crippen LogP contribution in [0.5, 0.6) is 0 Å². The quantitative estimate of drug-likeness (QED) is 0.608. The predicted octanol–water partition coefficient (Wildman–Crippen LogP) is -0.534. The lowest BCUT2D eigenvalue weighted by Gasteiger charge is -2.35. The molecule has 86 valence electrons. The molecule has 0 aromatic heterocycles. The van der Waals surface area contributed by atoms with Crippen molar-refractivity contribution in [2.45, 2.75) is 6.04 Å². The van der Waals surface area contributed by atoms with Crippen LogP contribution in [0.2, 0.25) is 0 Å². The molecular formula is C10H13N3O3. The second-order valence-corrected chi connectivity index (χ2v) is 3.73. The van der Waals surface area contributed by atoms with Gasteiger partial charge in [-0.15, -0.1) is 6.42 Å². The van der Waals surface area contributed by atoms with Crippen LogP contribution in [0.1, 0.15) is 0 Å². The van der Waals surface area contributed by atoms with Crippen molar-refractivity contribution >= 4 is 12.1 Å². The number of rotatable bonds is 1. The van der Waals surface area contributed by atoms with Crippen molar-refractivity contribution in [1.29, 1.82) is 0 Å². The molecule has 3 amide bonds. The Bertz CT molecular complexity index is 350. The second kappa shape index (κ2) is 4.31. The van der Waals surface area contributed by atoms with Crippen LogP contribution in [-0.2, 0) is 4.74 Å². The summed E-state index contributed by atoms with van der Waals surface area (Å²) in [6, 6.07) is -0.199. The molecule has 2 heterocycles. The molecule has 1 atom stereocenters. The minimum Gasteiger partial charge on any atom is -0.447 e. The van der Waals surface area contributed by atoms with Gasteiger partial charge in [0.15, 0.2) is 0 Å². The van der Waals surface area contributed by atoms with Gasteiger partial charge in [-0.2, -0.15) is 0 Å². The van der Waals surface area contributed by atoms with Gasteiger partial charge in [0.05, 0.1) is 12.6 Å². The summed E-state index contributed by atoms with van der Waals surface area (Å²) in [5.74, 6) is 2.34. The average Bonchev–Trinajstić information content (AvgIpc) is 2.67. The topological polar surface area (TPSA) is 61.9 Å². The largest absolute Gasteiger partial charge is 0.447 e. The molecule has 0 saturated carbocycles. The Hall–Kier alpha value is -1.90. The van der Waals surface area contributed by atoms with Gasteiger partial charge < -0.3 is 15.0 Å². The lowest BCUT2D eigenvalue weighted by atomic mass is 10.2. The van der Waals surface area contributed by atoms with Crippen molar-refractivity contribution in [1.82, 2.24) is 15.1 Å². The number of ether oxygens (including phenoxy) is 1. The van der Waals surface area contributed by atoms with Crippen LogP contribution in [0.15, 0.2) is 0 Å². The third kappa shape index (κ3) is 1.89. The summed E-state index contributed by atoms with van der Waals surface area (Å²) in [6.45, 7) is 2.12. The molecule has 0 unspecified atom stereocenters. The molecule has 2 aliphatic heterocycles. The summed E-state index contributed by atoms with van der Waals surface area (Å²) in [4.78, 5) is 26.1. The van der Waals surface area contributed by atoms with E-state index >= 15 is 0 Å². The van der Waals surface area contributed by atoms with Crippen LogP contribution < -0.4 is 5.32 Å². The molecule has 2 rings (SSSR count). The van der Waals surface area contributed by atoms with E-state index in [1.54, 1.807) is 9.80 Å². The highest BCUT2D eigenvalue weighted by Gasteiger charge is 2.38. The van der Waals surface area contributed by atoms with E-state index in [1.165, 1.54) is 0 Å². The van der Waals surface area contributed by atoms with Crippen LogP contribution in [-0.4, -0.2) is 60.8 Å². The maximum absolute atomic E-state index is 11.6. The zero-order chi connectivity index (χ0) is 11.5. The van der Waals surface area contributed by atoms with Gasteiger partial charge in [-0.3, -0.25) is 4.90 Å². The Balaban J connectivity index is 1.89. The van der Waals surface area contributed by atoms with Gasteiger partial charge in [-0.1, -0.05) is 5.92 Å². The molecule has 0 radical (unpaired) electrons. The van der Waals surface area contributed by atoms with Crippen molar-refractivity contribution in [2.75, 3.05) is 32.8 Å². The number of urea groups is 1. The SMILES string of the molecule is C#CCNC(=O)N1CCN2C(=O)OC[C@@H]2C1. The Morgan fingerprint density at radius 3 is 3.19 bits per heavy atom. The highest BCUT2D eigenvalue weighted by atomic mass is 16.6. The fourth-order valence-corrected chi connectivity index (χ4v) is 1.91. The first-order valence-electron chi connectivity index (χ1n) is 5.12. The summed E-state index contributed by atoms with van der Waals surface area (Å²) in [5, 5.41) is 2.60. The number of nitrogens with zero attached hydrogens (tertiary/aromatic N) is 2. The zero-order valence-corrected chi connectivity index (χ0v) is 8.81. The number of terminal acetylenes is 1. The number of amides is 3. The van der Waals surface area contributed by atoms with Crippen molar-refractivity contribution in [3.8, 4) is 12.3 Å². The number of piperazine rings is 1. The lowest BCUT2D eigenvalue weighted by molar-refractivity contribution is 0.127. The molecule has 2 saturated heterocycles. The molecule has 0 aliphatic carbocycles. The summed E-state index contributed by atoms with van der Waals surface area (Å²) >= 11 is 0. The van der Waals surface area contributed by atoms with Crippen molar-refractivity contribution in [2.24, 2.45) is 0 Å². The van der Waals surface area contributed by atoms with E-state index < -0.39 is 0 Å². The Morgan fingerprint density at radius 2 is 2.44 bits per heavy atom. The third-order valence-electron chi connectivity index (χ3n) is 2.75. The standard InChI is InChI=1S/C10H13N3O3/c1-2-3-11-9(14)12-4-5-13-8(6-12)7-16-10(13)15/h1,8H,3-7H2,(H,11,14)/t8-/m0/s1. The number of hydrogen-bond donors (Lipinski definition) is 1. The summed E-state index contributed by atoms with van der Waals surface area (Å²) in [7, 11) is 0. The number of cyclic esters (lactones) is 1. The van der Waals surface area contributed by atoms with E-state index in [0.29, 0.717) is 26.2 Å². The second-order valence-electron chi connectivity index (χ2n) is 3.73. The van der Waals surface area contributed by atoms with E-state index in [-0.39, 0.29) is 24.7 Å². The first-order chi connectivity index (χ1) is 7.72. The van der Waals surface area contributed by atoms with Gasteiger partial charge in [0.2, 0.25) is 0 Å². The smallest absolute Gasteiger partial charge is 0.410 e. The molecule has 16 heavy (non-hydrogen) atoms. The van der Waals surface area contributed by atoms with Gasteiger partial charge in [0, 0.05) is 19.6 Å². The predicted molar refractivity (Wildman–Crippen MR) is 55.6 cm³/mol. The molecule has 0 aromatic rings. The molecule has 2 aliphatic rings.